The molecule has 0 aliphatic heterocycles. The lowest BCUT2D eigenvalue weighted by atomic mass is 10.1. The minimum absolute atomic E-state index is 0. The summed E-state index contributed by atoms with van der Waals surface area (Å²) in [7, 11) is 1.62. The van der Waals surface area contributed by atoms with Crippen molar-refractivity contribution >= 4 is 29.9 Å². The van der Waals surface area contributed by atoms with Gasteiger partial charge in [0.15, 0.2) is 5.96 Å². The molecule has 0 amide bonds. The third-order valence-corrected chi connectivity index (χ3v) is 4.49. The van der Waals surface area contributed by atoms with Crippen LogP contribution in [0.25, 0.3) is 0 Å². The van der Waals surface area contributed by atoms with E-state index in [1.54, 1.807) is 7.11 Å². The number of methoxy groups -OCH3 is 1. The van der Waals surface area contributed by atoms with Crippen molar-refractivity contribution in [1.29, 1.82) is 0 Å². The first-order chi connectivity index (χ1) is 13.1. The summed E-state index contributed by atoms with van der Waals surface area (Å²) in [5.41, 5.74) is 3.32. The van der Waals surface area contributed by atoms with Crippen LogP contribution in [0.2, 0.25) is 0 Å². The highest BCUT2D eigenvalue weighted by Gasteiger charge is 2.11. The number of hydrogen-bond acceptors (Lipinski definition) is 3. The summed E-state index contributed by atoms with van der Waals surface area (Å²) in [4.78, 5) is 4.55. The van der Waals surface area contributed by atoms with Gasteiger partial charge in [0.1, 0.15) is 5.75 Å². The Balaban J connectivity index is 0.00000392. The summed E-state index contributed by atoms with van der Waals surface area (Å²) >= 11 is 0. The average Bonchev–Trinajstić information content (AvgIpc) is 2.71. The molecular formula is C22H32IN3O2. The molecule has 2 unspecified atom stereocenters. The van der Waals surface area contributed by atoms with Crippen LogP contribution in [0.4, 0.5) is 0 Å². The third-order valence-electron chi connectivity index (χ3n) is 4.49. The smallest absolute Gasteiger partial charge is 0.191 e. The molecule has 154 valence electrons. The van der Waals surface area contributed by atoms with Crippen LogP contribution in [0, 0.1) is 0 Å². The van der Waals surface area contributed by atoms with Crippen LogP contribution in [0.3, 0.4) is 0 Å². The van der Waals surface area contributed by atoms with Crippen LogP contribution in [0.15, 0.2) is 53.5 Å². The fourth-order valence-corrected chi connectivity index (χ4v) is 2.78. The molecule has 0 aliphatic carbocycles. The number of nitrogens with one attached hydrogen (secondary N) is 2. The number of halogens is 1. The zero-order valence-corrected chi connectivity index (χ0v) is 19.4. The molecule has 0 aliphatic rings. The monoisotopic (exact) mass is 497 g/mol. The quantitative estimate of drug-likeness (QED) is 0.290. The predicted molar refractivity (Wildman–Crippen MR) is 127 cm³/mol. The molecule has 0 saturated heterocycles. The van der Waals surface area contributed by atoms with E-state index in [2.05, 4.69) is 53.7 Å². The molecule has 0 bridgehead atoms. The van der Waals surface area contributed by atoms with E-state index in [0.717, 1.165) is 24.3 Å². The fraction of sp³-hybridized carbons (Fsp3) is 0.409. The summed E-state index contributed by atoms with van der Waals surface area (Å²) in [6.07, 6.45) is 0.351. The lowest BCUT2D eigenvalue weighted by molar-refractivity contribution is 0.186. The lowest BCUT2D eigenvalue weighted by Crippen LogP contribution is -2.39. The van der Waals surface area contributed by atoms with Crippen LogP contribution in [0.5, 0.6) is 5.75 Å². The minimum Gasteiger partial charge on any atom is -0.497 e. The maximum Gasteiger partial charge on any atom is 0.191 e. The number of hydrogen-bond donors (Lipinski definition) is 3. The van der Waals surface area contributed by atoms with Crippen molar-refractivity contribution < 1.29 is 9.84 Å². The molecule has 2 aromatic carbocycles. The zero-order chi connectivity index (χ0) is 19.6. The topological polar surface area (TPSA) is 65.9 Å². The van der Waals surface area contributed by atoms with E-state index in [1.807, 2.05) is 31.2 Å². The molecule has 2 aromatic rings. The van der Waals surface area contributed by atoms with E-state index in [1.165, 1.54) is 11.1 Å². The number of nitrogens with zero attached hydrogens (tertiary/aromatic N) is 1. The first-order valence-corrected chi connectivity index (χ1v) is 9.53. The molecule has 0 spiro atoms. The predicted octanol–water partition coefficient (Wildman–Crippen LogP) is 4.23. The summed E-state index contributed by atoms with van der Waals surface area (Å²) in [5, 5.41) is 17.1. The first kappa shape index (κ1) is 24.2. The van der Waals surface area contributed by atoms with Gasteiger partial charge in [-0.2, -0.15) is 0 Å². The van der Waals surface area contributed by atoms with E-state index in [0.29, 0.717) is 5.96 Å². The van der Waals surface area contributed by atoms with Crippen LogP contribution in [0.1, 0.15) is 49.6 Å². The first-order valence-electron chi connectivity index (χ1n) is 9.53. The van der Waals surface area contributed by atoms with Gasteiger partial charge in [-0.1, -0.05) is 43.3 Å². The van der Waals surface area contributed by atoms with Crippen molar-refractivity contribution in [2.75, 3.05) is 20.2 Å². The Labute approximate surface area is 185 Å². The third kappa shape index (κ3) is 7.31. The molecule has 0 aromatic heterocycles. The zero-order valence-electron chi connectivity index (χ0n) is 17.1. The highest BCUT2D eigenvalue weighted by molar-refractivity contribution is 14.0. The van der Waals surface area contributed by atoms with Gasteiger partial charge in [-0.3, -0.25) is 4.99 Å². The van der Waals surface area contributed by atoms with Crippen LogP contribution >= 0.6 is 24.0 Å². The summed E-state index contributed by atoms with van der Waals surface area (Å²) < 4.78 is 5.22. The molecular weight excluding hydrogens is 465 g/mol. The van der Waals surface area contributed by atoms with Crippen LogP contribution in [-0.4, -0.2) is 31.3 Å². The van der Waals surface area contributed by atoms with Crippen LogP contribution in [-0.2, 0) is 6.42 Å². The van der Waals surface area contributed by atoms with Gasteiger partial charge in [0.2, 0.25) is 0 Å². The maximum atomic E-state index is 10.4. The van der Waals surface area contributed by atoms with Crippen molar-refractivity contribution in [3.63, 3.8) is 0 Å². The van der Waals surface area contributed by atoms with Crippen molar-refractivity contribution in [2.24, 2.45) is 4.99 Å². The van der Waals surface area contributed by atoms with Gasteiger partial charge < -0.3 is 20.5 Å². The van der Waals surface area contributed by atoms with E-state index in [9.17, 15) is 5.11 Å². The van der Waals surface area contributed by atoms with Gasteiger partial charge in [-0.25, -0.2) is 0 Å². The second kappa shape index (κ2) is 12.6. The average molecular weight is 497 g/mol. The van der Waals surface area contributed by atoms with Crippen molar-refractivity contribution in [3.8, 4) is 5.75 Å². The van der Waals surface area contributed by atoms with Gasteiger partial charge in [0.05, 0.1) is 25.8 Å². The maximum absolute atomic E-state index is 10.4. The number of aliphatic hydroxyl groups is 1. The molecule has 0 fully saturated rings. The standard InChI is InChI=1S/C22H31N3O2.HI/c1-5-17-10-12-18(13-11-17)16(3)25-22(23-6-2)24-15-21(26)19-8-7-9-20(14-19)27-4;/h7-14,16,21,26H,5-6,15H2,1-4H3,(H2,23,24,25);1H. The molecule has 0 radical (unpaired) electrons. The second-order valence-electron chi connectivity index (χ2n) is 6.47. The molecule has 6 heteroatoms. The number of ether oxygens (including phenoxy) is 1. The van der Waals surface area contributed by atoms with E-state index >= 15 is 0 Å². The number of benzene rings is 2. The van der Waals surface area contributed by atoms with Crippen molar-refractivity contribution in [1.82, 2.24) is 10.6 Å². The van der Waals surface area contributed by atoms with Gasteiger partial charge in [-0.15, -0.1) is 24.0 Å². The number of aryl methyl sites for hydroxylation is 1. The highest BCUT2D eigenvalue weighted by Crippen LogP contribution is 2.19. The van der Waals surface area contributed by atoms with E-state index < -0.39 is 6.10 Å². The molecule has 3 N–H and O–H groups in total. The Morgan fingerprint density at radius 3 is 2.43 bits per heavy atom. The molecule has 2 rings (SSSR count). The molecule has 0 heterocycles. The molecule has 5 nitrogen and oxygen atoms in total. The Bertz CT molecular complexity index is 735. The molecule has 28 heavy (non-hydrogen) atoms. The summed E-state index contributed by atoms with van der Waals surface area (Å²) in [6.45, 7) is 7.30. The number of rotatable bonds is 8. The van der Waals surface area contributed by atoms with Gasteiger partial charge in [-0.05, 0) is 49.1 Å². The van der Waals surface area contributed by atoms with Crippen LogP contribution < -0.4 is 15.4 Å². The molecule has 2 atom stereocenters. The second-order valence-corrected chi connectivity index (χ2v) is 6.47. The Morgan fingerprint density at radius 2 is 1.82 bits per heavy atom. The van der Waals surface area contributed by atoms with Gasteiger partial charge >= 0.3 is 0 Å². The van der Waals surface area contributed by atoms with E-state index in [4.69, 9.17) is 4.74 Å². The fourth-order valence-electron chi connectivity index (χ4n) is 2.78. The SMILES string of the molecule is CCNC(=NCC(O)c1cccc(OC)c1)NC(C)c1ccc(CC)cc1.I. The van der Waals surface area contributed by atoms with Crippen molar-refractivity contribution in [2.45, 2.75) is 39.3 Å². The Kier molecular flexibility index (Phi) is 10.9. The Morgan fingerprint density at radius 1 is 1.11 bits per heavy atom. The largest absolute Gasteiger partial charge is 0.497 e. The lowest BCUT2D eigenvalue weighted by Gasteiger charge is -2.19. The minimum atomic E-state index is -0.685. The Hall–Kier alpha value is -1.80. The number of aliphatic hydroxyl groups excluding tert-OH is 1. The van der Waals surface area contributed by atoms with Gasteiger partial charge in [0.25, 0.3) is 0 Å². The van der Waals surface area contributed by atoms with E-state index in [-0.39, 0.29) is 36.6 Å². The summed E-state index contributed by atoms with van der Waals surface area (Å²) in [6, 6.07) is 16.1. The van der Waals surface area contributed by atoms with Gasteiger partial charge in [0, 0.05) is 6.54 Å². The highest BCUT2D eigenvalue weighted by atomic mass is 127. The number of aliphatic imine (C=N–C) groups is 1. The summed E-state index contributed by atoms with van der Waals surface area (Å²) in [5.74, 6) is 1.41. The van der Waals surface area contributed by atoms with Crippen molar-refractivity contribution in [3.05, 3.63) is 65.2 Å². The molecule has 0 saturated carbocycles. The normalized spacial score (nSPS) is 13.2. The number of guanidine groups is 1.